The van der Waals surface area contributed by atoms with Gasteiger partial charge in [-0.3, -0.25) is 9.69 Å². The Balaban J connectivity index is 1.91. The molecule has 0 spiro atoms. The van der Waals surface area contributed by atoms with Gasteiger partial charge in [0.1, 0.15) is 5.82 Å². The monoisotopic (exact) mass is 272 g/mol. The van der Waals surface area contributed by atoms with Gasteiger partial charge < -0.3 is 10.3 Å². The molecule has 0 fully saturated rings. The van der Waals surface area contributed by atoms with Crippen LogP contribution in [0.4, 0.5) is 0 Å². The normalized spacial score (nSPS) is 15.4. The fourth-order valence-electron chi connectivity index (χ4n) is 2.80. The molecule has 1 amide bonds. The fraction of sp³-hybridized carbons (Fsp3) is 0.467. The highest BCUT2D eigenvalue weighted by Crippen LogP contribution is 2.22. The molecule has 0 atom stereocenters. The van der Waals surface area contributed by atoms with E-state index in [1.807, 2.05) is 6.07 Å². The zero-order chi connectivity index (χ0) is 14.1. The van der Waals surface area contributed by atoms with Crippen molar-refractivity contribution in [2.24, 2.45) is 5.73 Å². The molecule has 0 unspecified atom stereocenters. The number of carbonyl (C=O) groups excluding carboxylic acids is 1. The second kappa shape index (κ2) is 5.25. The lowest BCUT2D eigenvalue weighted by atomic mass is 10.2. The number of hydrogen-bond donors (Lipinski definition) is 1. The van der Waals surface area contributed by atoms with Crippen molar-refractivity contribution < 1.29 is 4.79 Å². The Kier molecular flexibility index (Phi) is 3.44. The number of nitrogens with zero attached hydrogens (tertiary/aromatic N) is 3. The smallest absolute Gasteiger partial charge is 0.248 e. The van der Waals surface area contributed by atoms with Crippen LogP contribution >= 0.6 is 0 Å². The van der Waals surface area contributed by atoms with Crippen molar-refractivity contribution in [2.45, 2.75) is 32.9 Å². The Morgan fingerprint density at radius 2 is 2.25 bits per heavy atom. The molecular weight excluding hydrogens is 252 g/mol. The van der Waals surface area contributed by atoms with E-state index in [0.29, 0.717) is 5.56 Å². The van der Waals surface area contributed by atoms with Gasteiger partial charge in [-0.1, -0.05) is 13.3 Å². The summed E-state index contributed by atoms with van der Waals surface area (Å²) in [5.74, 6) is 0.686. The highest BCUT2D eigenvalue weighted by molar-refractivity contribution is 5.96. The summed E-state index contributed by atoms with van der Waals surface area (Å²) in [6, 6.07) is 5.52. The molecule has 0 bridgehead atoms. The number of benzene rings is 1. The third kappa shape index (κ3) is 2.29. The van der Waals surface area contributed by atoms with Gasteiger partial charge in [-0.25, -0.2) is 4.98 Å². The van der Waals surface area contributed by atoms with E-state index in [-0.39, 0.29) is 0 Å². The molecule has 5 nitrogen and oxygen atoms in total. The number of carbonyl (C=O) groups is 1. The zero-order valence-electron chi connectivity index (χ0n) is 11.8. The number of amides is 1. The van der Waals surface area contributed by atoms with E-state index in [1.165, 1.54) is 12.8 Å². The van der Waals surface area contributed by atoms with Crippen molar-refractivity contribution in [1.29, 1.82) is 0 Å². The molecule has 106 valence electrons. The Hall–Kier alpha value is -1.88. The maximum absolute atomic E-state index is 11.2. The van der Waals surface area contributed by atoms with E-state index >= 15 is 0 Å². The summed E-state index contributed by atoms with van der Waals surface area (Å²) in [7, 11) is 0. The van der Waals surface area contributed by atoms with Gasteiger partial charge in [0.25, 0.3) is 0 Å². The number of fused-ring (bicyclic) bond motifs is 3. The highest BCUT2D eigenvalue weighted by Gasteiger charge is 2.19. The maximum atomic E-state index is 11.2. The topological polar surface area (TPSA) is 64.2 Å². The molecule has 0 aliphatic carbocycles. The molecular formula is C15H20N4O. The average Bonchev–Trinajstić information content (AvgIpc) is 2.81. The lowest BCUT2D eigenvalue weighted by molar-refractivity contribution is 0.100. The largest absolute Gasteiger partial charge is 0.366 e. The molecule has 0 radical (unpaired) electrons. The Bertz CT molecular complexity index is 647. The van der Waals surface area contributed by atoms with E-state index in [1.54, 1.807) is 12.1 Å². The van der Waals surface area contributed by atoms with Gasteiger partial charge in [0.15, 0.2) is 0 Å². The van der Waals surface area contributed by atoms with E-state index in [0.717, 1.165) is 43.0 Å². The molecule has 2 aromatic rings. The van der Waals surface area contributed by atoms with Gasteiger partial charge >= 0.3 is 0 Å². The lowest BCUT2D eigenvalue weighted by Crippen LogP contribution is -2.34. The molecule has 5 heteroatoms. The number of primary amides is 1. The van der Waals surface area contributed by atoms with Crippen LogP contribution in [0.15, 0.2) is 18.2 Å². The average molecular weight is 272 g/mol. The first-order valence-corrected chi connectivity index (χ1v) is 7.20. The van der Waals surface area contributed by atoms with E-state index in [4.69, 9.17) is 5.73 Å². The highest BCUT2D eigenvalue weighted by atomic mass is 16.1. The summed E-state index contributed by atoms with van der Waals surface area (Å²) < 4.78 is 2.25. The number of rotatable bonds is 4. The third-order valence-electron chi connectivity index (χ3n) is 3.94. The number of imidazole rings is 1. The standard InChI is InChI=1S/C15H20N4O/c1-2-3-6-18-7-8-19-13-5-4-11(15(16)20)9-12(13)17-14(19)10-18/h4-5,9H,2-3,6-8,10H2,1H3,(H2,16,20). The minimum Gasteiger partial charge on any atom is -0.366 e. The van der Waals surface area contributed by atoms with Crippen LogP contribution in [0.2, 0.25) is 0 Å². The van der Waals surface area contributed by atoms with Crippen molar-refractivity contribution in [3.63, 3.8) is 0 Å². The summed E-state index contributed by atoms with van der Waals surface area (Å²) in [4.78, 5) is 18.3. The minimum atomic E-state index is -0.401. The molecule has 0 saturated carbocycles. The van der Waals surface area contributed by atoms with Crippen LogP contribution < -0.4 is 5.73 Å². The number of nitrogens with two attached hydrogens (primary N) is 1. The molecule has 2 N–H and O–H groups in total. The first kappa shape index (κ1) is 13.1. The molecule has 3 rings (SSSR count). The van der Waals surface area contributed by atoms with Crippen LogP contribution in [0.5, 0.6) is 0 Å². The van der Waals surface area contributed by atoms with Crippen LogP contribution in [-0.2, 0) is 13.1 Å². The summed E-state index contributed by atoms with van der Waals surface area (Å²) in [6.07, 6.45) is 2.45. The van der Waals surface area contributed by atoms with Crippen molar-refractivity contribution >= 4 is 16.9 Å². The third-order valence-corrected chi connectivity index (χ3v) is 3.94. The molecule has 1 aromatic carbocycles. The predicted molar refractivity (Wildman–Crippen MR) is 78.4 cm³/mol. The minimum absolute atomic E-state index is 0.401. The SMILES string of the molecule is CCCCN1CCn2c(nc3cc(C(N)=O)ccc32)C1. The van der Waals surface area contributed by atoms with E-state index in [9.17, 15) is 4.79 Å². The van der Waals surface area contributed by atoms with Crippen LogP contribution in [0.1, 0.15) is 35.9 Å². The summed E-state index contributed by atoms with van der Waals surface area (Å²) in [5.41, 5.74) is 7.81. The van der Waals surface area contributed by atoms with Gasteiger partial charge in [-0.2, -0.15) is 0 Å². The number of hydrogen-bond acceptors (Lipinski definition) is 3. The van der Waals surface area contributed by atoms with Crippen molar-refractivity contribution in [3.05, 3.63) is 29.6 Å². The van der Waals surface area contributed by atoms with E-state index in [2.05, 4.69) is 21.4 Å². The molecule has 1 aromatic heterocycles. The van der Waals surface area contributed by atoms with Crippen LogP contribution in [-0.4, -0.2) is 33.4 Å². The number of unbranched alkanes of at least 4 members (excludes halogenated alkanes) is 1. The summed E-state index contributed by atoms with van der Waals surface area (Å²) in [6.45, 7) is 6.26. The van der Waals surface area contributed by atoms with Gasteiger partial charge in [0.2, 0.25) is 5.91 Å². The second-order valence-corrected chi connectivity index (χ2v) is 5.38. The van der Waals surface area contributed by atoms with Gasteiger partial charge in [-0.05, 0) is 31.2 Å². The zero-order valence-corrected chi connectivity index (χ0v) is 11.8. The summed E-state index contributed by atoms with van der Waals surface area (Å²) in [5, 5.41) is 0. The van der Waals surface area contributed by atoms with Crippen LogP contribution in [0, 0.1) is 0 Å². The van der Waals surface area contributed by atoms with Crippen molar-refractivity contribution in [1.82, 2.24) is 14.5 Å². The molecule has 2 heterocycles. The molecule has 1 aliphatic heterocycles. The fourth-order valence-corrected chi connectivity index (χ4v) is 2.80. The van der Waals surface area contributed by atoms with Crippen molar-refractivity contribution in [2.75, 3.05) is 13.1 Å². The number of aromatic nitrogens is 2. The Morgan fingerprint density at radius 1 is 1.40 bits per heavy atom. The van der Waals surface area contributed by atoms with Gasteiger partial charge in [-0.15, -0.1) is 0 Å². The molecule has 0 saturated heterocycles. The predicted octanol–water partition coefficient (Wildman–Crippen LogP) is 1.75. The van der Waals surface area contributed by atoms with Crippen molar-refractivity contribution in [3.8, 4) is 0 Å². The second-order valence-electron chi connectivity index (χ2n) is 5.38. The first-order chi connectivity index (χ1) is 9.69. The Morgan fingerprint density at radius 3 is 3.00 bits per heavy atom. The Labute approximate surface area is 118 Å². The maximum Gasteiger partial charge on any atom is 0.248 e. The van der Waals surface area contributed by atoms with Gasteiger partial charge in [0.05, 0.1) is 17.6 Å². The lowest BCUT2D eigenvalue weighted by Gasteiger charge is -2.27. The molecule has 20 heavy (non-hydrogen) atoms. The van der Waals surface area contributed by atoms with Crippen LogP contribution in [0.25, 0.3) is 11.0 Å². The summed E-state index contributed by atoms with van der Waals surface area (Å²) >= 11 is 0. The van der Waals surface area contributed by atoms with Crippen LogP contribution in [0.3, 0.4) is 0 Å². The van der Waals surface area contributed by atoms with E-state index < -0.39 is 5.91 Å². The molecule has 1 aliphatic rings. The first-order valence-electron chi connectivity index (χ1n) is 7.20. The van der Waals surface area contributed by atoms with Gasteiger partial charge in [0, 0.05) is 18.7 Å². The quantitative estimate of drug-likeness (QED) is 0.922.